The SMILES string of the molecule is N#CC(C(=O)CC1CCCCCC1)c1ccccc1F. The summed E-state index contributed by atoms with van der Waals surface area (Å²) >= 11 is 0. The van der Waals surface area contributed by atoms with Gasteiger partial charge in [0, 0.05) is 12.0 Å². The third-order valence-corrected chi connectivity index (χ3v) is 4.13. The number of Topliss-reactive ketones (excluding diaryl/α,β-unsaturated/α-hetero) is 1. The van der Waals surface area contributed by atoms with Crippen molar-refractivity contribution in [2.24, 2.45) is 5.92 Å². The van der Waals surface area contributed by atoms with Gasteiger partial charge in [0.25, 0.3) is 0 Å². The summed E-state index contributed by atoms with van der Waals surface area (Å²) in [7, 11) is 0. The minimum absolute atomic E-state index is 0.135. The van der Waals surface area contributed by atoms with Gasteiger partial charge in [-0.05, 0) is 12.0 Å². The van der Waals surface area contributed by atoms with Crippen LogP contribution in [0.2, 0.25) is 0 Å². The molecule has 0 saturated heterocycles. The number of halogens is 1. The Kier molecular flexibility index (Phi) is 5.29. The van der Waals surface area contributed by atoms with Crippen LogP contribution in [0.15, 0.2) is 24.3 Å². The van der Waals surface area contributed by atoms with E-state index < -0.39 is 11.7 Å². The first-order valence-corrected chi connectivity index (χ1v) is 7.39. The molecule has 3 heteroatoms. The molecule has 106 valence electrons. The Labute approximate surface area is 119 Å². The predicted octanol–water partition coefficient (Wildman–Crippen LogP) is 4.36. The minimum atomic E-state index is -0.959. The third-order valence-electron chi connectivity index (χ3n) is 4.13. The molecule has 0 N–H and O–H groups in total. The van der Waals surface area contributed by atoms with E-state index in [4.69, 9.17) is 0 Å². The van der Waals surface area contributed by atoms with Gasteiger partial charge in [0.15, 0.2) is 5.78 Å². The normalized spacial score (nSPS) is 18.0. The maximum Gasteiger partial charge on any atom is 0.154 e. The highest BCUT2D eigenvalue weighted by Crippen LogP contribution is 2.29. The van der Waals surface area contributed by atoms with E-state index >= 15 is 0 Å². The summed E-state index contributed by atoms with van der Waals surface area (Å²) in [5, 5.41) is 9.22. The lowest BCUT2D eigenvalue weighted by atomic mass is 9.87. The molecule has 1 aromatic carbocycles. The summed E-state index contributed by atoms with van der Waals surface area (Å²) in [6.07, 6.45) is 7.32. The van der Waals surface area contributed by atoms with Crippen molar-refractivity contribution in [1.29, 1.82) is 5.26 Å². The Bertz CT molecular complexity index is 498. The number of rotatable bonds is 4. The second-order valence-electron chi connectivity index (χ2n) is 5.61. The zero-order valence-corrected chi connectivity index (χ0v) is 11.6. The molecule has 1 atom stereocenters. The topological polar surface area (TPSA) is 40.9 Å². The highest BCUT2D eigenvalue weighted by atomic mass is 19.1. The summed E-state index contributed by atoms with van der Waals surface area (Å²) in [6.45, 7) is 0. The number of carbonyl (C=O) groups is 1. The molecular formula is C17H20FNO. The number of nitriles is 1. The molecule has 1 unspecified atom stereocenters. The fraction of sp³-hybridized carbons (Fsp3) is 0.529. The highest BCUT2D eigenvalue weighted by molar-refractivity contribution is 5.88. The second kappa shape index (κ2) is 7.19. The smallest absolute Gasteiger partial charge is 0.154 e. The summed E-state index contributed by atoms with van der Waals surface area (Å²) < 4.78 is 13.7. The van der Waals surface area contributed by atoms with Crippen molar-refractivity contribution < 1.29 is 9.18 Å². The van der Waals surface area contributed by atoms with Gasteiger partial charge in [0.1, 0.15) is 11.7 Å². The van der Waals surface area contributed by atoms with Gasteiger partial charge < -0.3 is 0 Å². The van der Waals surface area contributed by atoms with Crippen LogP contribution < -0.4 is 0 Å². The van der Waals surface area contributed by atoms with Crippen molar-refractivity contribution in [1.82, 2.24) is 0 Å². The largest absolute Gasteiger partial charge is 0.298 e. The Morgan fingerprint density at radius 1 is 1.25 bits per heavy atom. The highest BCUT2D eigenvalue weighted by Gasteiger charge is 2.26. The predicted molar refractivity (Wildman–Crippen MR) is 75.6 cm³/mol. The van der Waals surface area contributed by atoms with E-state index in [9.17, 15) is 14.4 Å². The van der Waals surface area contributed by atoms with Crippen LogP contribution in [-0.4, -0.2) is 5.78 Å². The molecule has 2 rings (SSSR count). The monoisotopic (exact) mass is 273 g/mol. The summed E-state index contributed by atoms with van der Waals surface area (Å²) in [6, 6.07) is 8.06. The van der Waals surface area contributed by atoms with Gasteiger partial charge in [-0.25, -0.2) is 4.39 Å². The Morgan fingerprint density at radius 3 is 2.50 bits per heavy atom. The van der Waals surface area contributed by atoms with Crippen LogP contribution in [0.4, 0.5) is 4.39 Å². The number of carbonyl (C=O) groups excluding carboxylic acids is 1. The lowest BCUT2D eigenvalue weighted by Crippen LogP contribution is -2.16. The van der Waals surface area contributed by atoms with Crippen molar-refractivity contribution in [2.45, 2.75) is 50.9 Å². The molecule has 0 amide bonds. The van der Waals surface area contributed by atoms with E-state index in [-0.39, 0.29) is 11.3 Å². The van der Waals surface area contributed by atoms with Crippen molar-refractivity contribution >= 4 is 5.78 Å². The molecule has 0 spiro atoms. The van der Waals surface area contributed by atoms with E-state index in [0.29, 0.717) is 12.3 Å². The van der Waals surface area contributed by atoms with Crippen LogP contribution in [0.1, 0.15) is 56.4 Å². The van der Waals surface area contributed by atoms with Crippen LogP contribution in [0, 0.1) is 23.1 Å². The number of nitrogens with zero attached hydrogens (tertiary/aromatic N) is 1. The number of hydrogen-bond acceptors (Lipinski definition) is 2. The molecule has 1 saturated carbocycles. The maximum atomic E-state index is 13.7. The van der Waals surface area contributed by atoms with Crippen LogP contribution in [0.3, 0.4) is 0 Å². The van der Waals surface area contributed by atoms with E-state index in [1.807, 2.05) is 6.07 Å². The molecule has 0 radical (unpaired) electrons. The molecule has 0 bridgehead atoms. The lowest BCUT2D eigenvalue weighted by Gasteiger charge is -2.15. The van der Waals surface area contributed by atoms with Crippen molar-refractivity contribution in [3.05, 3.63) is 35.6 Å². The zero-order valence-electron chi connectivity index (χ0n) is 11.6. The lowest BCUT2D eigenvalue weighted by molar-refractivity contribution is -0.120. The summed E-state index contributed by atoms with van der Waals surface area (Å²) in [4.78, 5) is 12.3. The van der Waals surface area contributed by atoms with Crippen LogP contribution in [0.5, 0.6) is 0 Å². The fourth-order valence-electron chi connectivity index (χ4n) is 2.99. The van der Waals surface area contributed by atoms with Gasteiger partial charge in [0.2, 0.25) is 0 Å². The van der Waals surface area contributed by atoms with Crippen molar-refractivity contribution in [3.8, 4) is 6.07 Å². The molecule has 1 aromatic rings. The van der Waals surface area contributed by atoms with Crippen molar-refractivity contribution in [2.75, 3.05) is 0 Å². The first-order valence-electron chi connectivity index (χ1n) is 7.39. The number of ketones is 1. The second-order valence-corrected chi connectivity index (χ2v) is 5.61. The molecular weight excluding hydrogens is 253 g/mol. The Balaban J connectivity index is 2.06. The van der Waals surface area contributed by atoms with E-state index in [1.54, 1.807) is 12.1 Å². The average molecular weight is 273 g/mol. The summed E-state index contributed by atoms with van der Waals surface area (Å²) in [5.74, 6) is -1.19. The number of hydrogen-bond donors (Lipinski definition) is 0. The molecule has 1 fully saturated rings. The Morgan fingerprint density at radius 2 is 1.90 bits per heavy atom. The molecule has 1 aliphatic carbocycles. The summed E-state index contributed by atoms with van der Waals surface area (Å²) in [5.41, 5.74) is 0.216. The quantitative estimate of drug-likeness (QED) is 0.765. The van der Waals surface area contributed by atoms with Gasteiger partial charge in [-0.15, -0.1) is 0 Å². The molecule has 20 heavy (non-hydrogen) atoms. The Hall–Kier alpha value is -1.69. The molecule has 0 aromatic heterocycles. The zero-order chi connectivity index (χ0) is 14.4. The van der Waals surface area contributed by atoms with Crippen LogP contribution in [-0.2, 0) is 4.79 Å². The van der Waals surface area contributed by atoms with Gasteiger partial charge >= 0.3 is 0 Å². The maximum absolute atomic E-state index is 13.7. The van der Waals surface area contributed by atoms with E-state index in [2.05, 4.69) is 0 Å². The van der Waals surface area contributed by atoms with Gasteiger partial charge in [0.05, 0.1) is 6.07 Å². The van der Waals surface area contributed by atoms with E-state index in [1.165, 1.54) is 25.0 Å². The first kappa shape index (κ1) is 14.7. The van der Waals surface area contributed by atoms with Gasteiger partial charge in [-0.3, -0.25) is 4.79 Å². The third kappa shape index (κ3) is 3.66. The fourth-order valence-corrected chi connectivity index (χ4v) is 2.99. The first-order chi connectivity index (χ1) is 9.72. The molecule has 1 aliphatic rings. The average Bonchev–Trinajstić information content (AvgIpc) is 2.70. The molecule has 0 heterocycles. The van der Waals surface area contributed by atoms with Crippen LogP contribution >= 0.6 is 0 Å². The molecule has 0 aliphatic heterocycles. The van der Waals surface area contributed by atoms with E-state index in [0.717, 1.165) is 25.7 Å². The van der Waals surface area contributed by atoms with Crippen molar-refractivity contribution in [3.63, 3.8) is 0 Å². The van der Waals surface area contributed by atoms with Gasteiger partial charge in [-0.1, -0.05) is 56.7 Å². The van der Waals surface area contributed by atoms with Gasteiger partial charge in [-0.2, -0.15) is 5.26 Å². The van der Waals surface area contributed by atoms with Crippen LogP contribution in [0.25, 0.3) is 0 Å². The standard InChI is InChI=1S/C17H20FNO/c18-16-10-6-5-9-14(16)15(12-19)17(20)11-13-7-3-1-2-4-8-13/h5-6,9-10,13,15H,1-4,7-8,11H2. The minimum Gasteiger partial charge on any atom is -0.298 e. The molecule has 2 nitrogen and oxygen atoms in total. The number of benzene rings is 1.